The van der Waals surface area contributed by atoms with Crippen LogP contribution in [0.25, 0.3) is 0 Å². The molecule has 0 aliphatic carbocycles. The highest BCUT2D eigenvalue weighted by molar-refractivity contribution is 7.99. The molecule has 160 valence electrons. The Hall–Kier alpha value is -0.730. The van der Waals surface area contributed by atoms with Crippen LogP contribution in [0.3, 0.4) is 0 Å². The Balaban J connectivity index is 0.00000150. The SMILES string of the molecule is Cl.Cl.OCCN1CCN(CCCN2c3ccccc3Sc3cc(Cl)cnc32)CC1. The van der Waals surface area contributed by atoms with Crippen molar-refractivity contribution in [2.45, 2.75) is 16.2 Å². The summed E-state index contributed by atoms with van der Waals surface area (Å²) >= 11 is 7.91. The molecular formula is C20H27Cl3N4OS. The van der Waals surface area contributed by atoms with E-state index in [-0.39, 0.29) is 31.4 Å². The van der Waals surface area contributed by atoms with Gasteiger partial charge in [-0.15, -0.1) is 24.8 Å². The summed E-state index contributed by atoms with van der Waals surface area (Å²) in [6, 6.07) is 10.5. The van der Waals surface area contributed by atoms with E-state index in [1.54, 1.807) is 18.0 Å². The number of anilines is 2. The Morgan fingerprint density at radius 2 is 1.66 bits per heavy atom. The number of pyridine rings is 1. The van der Waals surface area contributed by atoms with Crippen molar-refractivity contribution in [2.24, 2.45) is 0 Å². The van der Waals surface area contributed by atoms with E-state index in [0.29, 0.717) is 5.02 Å². The van der Waals surface area contributed by atoms with Crippen LogP contribution < -0.4 is 4.90 Å². The van der Waals surface area contributed by atoms with Crippen LogP contribution in [0, 0.1) is 0 Å². The molecule has 2 aliphatic rings. The number of nitrogens with zero attached hydrogens (tertiary/aromatic N) is 4. The van der Waals surface area contributed by atoms with Gasteiger partial charge in [0, 0.05) is 50.4 Å². The minimum Gasteiger partial charge on any atom is -0.395 e. The third-order valence-electron chi connectivity index (χ3n) is 5.17. The number of benzene rings is 1. The highest BCUT2D eigenvalue weighted by Gasteiger charge is 2.25. The highest BCUT2D eigenvalue weighted by Crippen LogP contribution is 2.47. The van der Waals surface area contributed by atoms with E-state index in [0.717, 1.165) is 62.9 Å². The first kappa shape index (κ1) is 24.5. The number of aliphatic hydroxyl groups is 1. The lowest BCUT2D eigenvalue weighted by atomic mass is 10.2. The van der Waals surface area contributed by atoms with Crippen LogP contribution in [-0.2, 0) is 0 Å². The molecule has 9 heteroatoms. The minimum absolute atomic E-state index is 0. The quantitative estimate of drug-likeness (QED) is 0.673. The van der Waals surface area contributed by atoms with Gasteiger partial charge in [-0.05, 0) is 31.2 Å². The zero-order valence-electron chi connectivity index (χ0n) is 16.2. The summed E-state index contributed by atoms with van der Waals surface area (Å²) in [6.07, 6.45) is 2.82. The van der Waals surface area contributed by atoms with E-state index < -0.39 is 0 Å². The van der Waals surface area contributed by atoms with Gasteiger partial charge in [-0.25, -0.2) is 4.98 Å². The summed E-state index contributed by atoms with van der Waals surface area (Å²) < 4.78 is 0. The van der Waals surface area contributed by atoms with Gasteiger partial charge in [-0.2, -0.15) is 0 Å². The molecule has 1 N–H and O–H groups in total. The van der Waals surface area contributed by atoms with E-state index in [2.05, 4.69) is 43.9 Å². The number of halogens is 3. The van der Waals surface area contributed by atoms with Gasteiger partial charge in [0.1, 0.15) is 5.82 Å². The first-order chi connectivity index (χ1) is 13.2. The smallest absolute Gasteiger partial charge is 0.147 e. The van der Waals surface area contributed by atoms with E-state index in [1.807, 2.05) is 6.07 Å². The van der Waals surface area contributed by atoms with Crippen molar-refractivity contribution in [3.63, 3.8) is 0 Å². The van der Waals surface area contributed by atoms with E-state index in [4.69, 9.17) is 16.7 Å². The minimum atomic E-state index is 0. The van der Waals surface area contributed by atoms with Crippen molar-refractivity contribution in [3.05, 3.63) is 41.6 Å². The van der Waals surface area contributed by atoms with Crippen molar-refractivity contribution in [3.8, 4) is 0 Å². The second-order valence-electron chi connectivity index (χ2n) is 6.96. The highest BCUT2D eigenvalue weighted by atomic mass is 35.5. The van der Waals surface area contributed by atoms with Crippen LogP contribution in [0.15, 0.2) is 46.3 Å². The zero-order valence-corrected chi connectivity index (χ0v) is 19.4. The molecule has 0 spiro atoms. The summed E-state index contributed by atoms with van der Waals surface area (Å²) in [4.78, 5) is 14.2. The number of aromatic nitrogens is 1. The van der Waals surface area contributed by atoms with E-state index >= 15 is 0 Å². The van der Waals surface area contributed by atoms with Gasteiger partial charge in [0.15, 0.2) is 0 Å². The number of rotatable bonds is 6. The molecule has 2 aromatic rings. The predicted octanol–water partition coefficient (Wildman–Crippen LogP) is 4.18. The maximum atomic E-state index is 9.07. The Kier molecular flexibility index (Phi) is 9.82. The van der Waals surface area contributed by atoms with Gasteiger partial charge >= 0.3 is 0 Å². The van der Waals surface area contributed by atoms with Crippen LogP contribution >= 0.6 is 48.2 Å². The third kappa shape index (κ3) is 5.91. The van der Waals surface area contributed by atoms with Crippen molar-refractivity contribution < 1.29 is 5.11 Å². The predicted molar refractivity (Wildman–Crippen MR) is 126 cm³/mol. The summed E-state index contributed by atoms with van der Waals surface area (Å²) in [5.41, 5.74) is 1.23. The van der Waals surface area contributed by atoms with Crippen molar-refractivity contribution in [1.82, 2.24) is 14.8 Å². The van der Waals surface area contributed by atoms with Crippen molar-refractivity contribution >= 4 is 59.7 Å². The molecular weight excluding hydrogens is 451 g/mol. The van der Waals surface area contributed by atoms with Crippen LogP contribution in [-0.4, -0.2) is 72.3 Å². The molecule has 0 saturated carbocycles. The zero-order chi connectivity index (χ0) is 18.6. The topological polar surface area (TPSA) is 42.8 Å². The maximum absolute atomic E-state index is 9.07. The second kappa shape index (κ2) is 11.6. The summed E-state index contributed by atoms with van der Waals surface area (Å²) in [5.74, 6) is 1.01. The molecule has 1 fully saturated rings. The lowest BCUT2D eigenvalue weighted by Gasteiger charge is -2.35. The number of piperazine rings is 1. The first-order valence-corrected chi connectivity index (χ1v) is 10.7. The molecule has 3 heterocycles. The Bertz CT molecular complexity index is 790. The molecule has 4 rings (SSSR count). The van der Waals surface area contributed by atoms with Crippen molar-refractivity contribution in [2.75, 3.05) is 57.3 Å². The third-order valence-corrected chi connectivity index (χ3v) is 6.46. The van der Waals surface area contributed by atoms with Gasteiger partial charge in [-0.1, -0.05) is 35.5 Å². The molecule has 1 aromatic carbocycles. The molecule has 0 bridgehead atoms. The average Bonchev–Trinajstić information content (AvgIpc) is 2.69. The van der Waals surface area contributed by atoms with Crippen LogP contribution in [0.4, 0.5) is 11.5 Å². The molecule has 29 heavy (non-hydrogen) atoms. The van der Waals surface area contributed by atoms with Crippen molar-refractivity contribution in [1.29, 1.82) is 0 Å². The van der Waals surface area contributed by atoms with Crippen LogP contribution in [0.5, 0.6) is 0 Å². The molecule has 2 aliphatic heterocycles. The summed E-state index contributed by atoms with van der Waals surface area (Å²) in [5, 5.41) is 9.75. The molecule has 0 radical (unpaired) electrons. The molecule has 5 nitrogen and oxygen atoms in total. The number of hydrogen-bond donors (Lipinski definition) is 1. The molecule has 0 unspecified atom stereocenters. The normalized spacial score (nSPS) is 16.4. The molecule has 0 amide bonds. The van der Waals surface area contributed by atoms with Crippen LogP contribution in [0.1, 0.15) is 6.42 Å². The lowest BCUT2D eigenvalue weighted by Crippen LogP contribution is -2.47. The summed E-state index contributed by atoms with van der Waals surface area (Å²) in [7, 11) is 0. The number of para-hydroxylation sites is 1. The van der Waals surface area contributed by atoms with Gasteiger partial charge in [0.25, 0.3) is 0 Å². The number of β-amino-alcohol motifs (C(OH)–C–C–N with tert-alkyl or cyclic N) is 1. The van der Waals surface area contributed by atoms with Gasteiger partial charge < -0.3 is 14.9 Å². The maximum Gasteiger partial charge on any atom is 0.147 e. The Labute approximate surface area is 194 Å². The summed E-state index contributed by atoms with van der Waals surface area (Å²) in [6.45, 7) is 7.33. The van der Waals surface area contributed by atoms with E-state index in [1.165, 1.54) is 10.6 Å². The van der Waals surface area contributed by atoms with E-state index in [9.17, 15) is 0 Å². The fourth-order valence-electron chi connectivity index (χ4n) is 3.75. The lowest BCUT2D eigenvalue weighted by molar-refractivity contribution is 0.112. The average molecular weight is 478 g/mol. The van der Waals surface area contributed by atoms with Gasteiger partial charge in [0.2, 0.25) is 0 Å². The molecule has 1 saturated heterocycles. The Morgan fingerprint density at radius 1 is 0.966 bits per heavy atom. The van der Waals surface area contributed by atoms with Crippen LogP contribution in [0.2, 0.25) is 5.02 Å². The monoisotopic (exact) mass is 476 g/mol. The molecule has 1 aromatic heterocycles. The fraction of sp³-hybridized carbons (Fsp3) is 0.450. The van der Waals surface area contributed by atoms with Gasteiger partial charge in [0.05, 0.1) is 22.2 Å². The number of hydrogen-bond acceptors (Lipinski definition) is 6. The number of fused-ring (bicyclic) bond motifs is 2. The second-order valence-corrected chi connectivity index (χ2v) is 8.48. The molecule has 0 atom stereocenters. The number of aliphatic hydroxyl groups excluding tert-OH is 1. The fourth-order valence-corrected chi connectivity index (χ4v) is 5.08. The first-order valence-electron chi connectivity index (χ1n) is 9.50. The standard InChI is InChI=1S/C20H25ClN4OS.2ClH/c21-16-14-19-20(22-15-16)25(17-4-1-2-5-18(17)27-19)7-3-6-23-8-10-24(11-9-23)12-13-26;;/h1-2,4-5,14-15,26H,3,6-13H2;2*1H. The Morgan fingerprint density at radius 3 is 2.38 bits per heavy atom. The van der Waals surface area contributed by atoms with Gasteiger partial charge in [-0.3, -0.25) is 4.90 Å². The largest absolute Gasteiger partial charge is 0.395 e.